The van der Waals surface area contributed by atoms with Crippen molar-refractivity contribution in [1.82, 2.24) is 14.9 Å². The van der Waals surface area contributed by atoms with Gasteiger partial charge in [0.2, 0.25) is 5.95 Å². The van der Waals surface area contributed by atoms with Crippen LogP contribution in [0.15, 0.2) is 30.5 Å². The summed E-state index contributed by atoms with van der Waals surface area (Å²) >= 11 is 5.79. The van der Waals surface area contributed by atoms with Crippen molar-refractivity contribution in [3.63, 3.8) is 0 Å². The van der Waals surface area contributed by atoms with Crippen LogP contribution in [0.4, 0.5) is 22.1 Å². The molecule has 2 heterocycles. The van der Waals surface area contributed by atoms with Crippen LogP contribution >= 0.6 is 11.6 Å². The summed E-state index contributed by atoms with van der Waals surface area (Å²) in [6.07, 6.45) is 0.962. The van der Waals surface area contributed by atoms with Crippen molar-refractivity contribution in [2.24, 2.45) is 0 Å². The van der Waals surface area contributed by atoms with Crippen molar-refractivity contribution in [3.05, 3.63) is 41.2 Å². The number of carbonyl (C=O) groups is 2. The molecule has 1 aromatic carbocycles. The van der Waals surface area contributed by atoms with Gasteiger partial charge in [0.25, 0.3) is 0 Å². The van der Waals surface area contributed by atoms with Gasteiger partial charge in [0.1, 0.15) is 5.60 Å². The van der Waals surface area contributed by atoms with Crippen LogP contribution in [0, 0.1) is 0 Å². The molecule has 2 aromatic rings. The van der Waals surface area contributed by atoms with Gasteiger partial charge in [-0.2, -0.15) is 0 Å². The molecular formula is C20H24ClN5O4. The first kappa shape index (κ1) is 21.6. The van der Waals surface area contributed by atoms with Crippen LogP contribution in [-0.2, 0) is 4.74 Å². The van der Waals surface area contributed by atoms with E-state index in [0.29, 0.717) is 31.9 Å². The van der Waals surface area contributed by atoms with E-state index in [1.165, 1.54) is 6.20 Å². The minimum Gasteiger partial charge on any atom is -0.476 e. The van der Waals surface area contributed by atoms with E-state index in [0.717, 1.165) is 5.69 Å². The quantitative estimate of drug-likeness (QED) is 0.752. The number of ether oxygens (including phenoxy) is 1. The average molecular weight is 434 g/mol. The molecule has 1 aliphatic rings. The number of nitrogens with zero attached hydrogens (tertiary/aromatic N) is 4. The largest absolute Gasteiger partial charge is 0.476 e. The van der Waals surface area contributed by atoms with E-state index >= 15 is 0 Å². The summed E-state index contributed by atoms with van der Waals surface area (Å²) in [6, 6.07) is 7.60. The van der Waals surface area contributed by atoms with Crippen LogP contribution in [0.5, 0.6) is 0 Å². The molecule has 0 atom stereocenters. The Morgan fingerprint density at radius 2 is 1.77 bits per heavy atom. The van der Waals surface area contributed by atoms with Gasteiger partial charge in [0, 0.05) is 37.6 Å². The maximum Gasteiger partial charge on any atom is 0.410 e. The molecule has 0 radical (unpaired) electrons. The lowest BCUT2D eigenvalue weighted by molar-refractivity contribution is 0.0240. The van der Waals surface area contributed by atoms with Gasteiger partial charge in [-0.15, -0.1) is 0 Å². The van der Waals surface area contributed by atoms with Gasteiger partial charge in [-0.25, -0.2) is 19.6 Å². The lowest BCUT2D eigenvalue weighted by atomic mass is 10.2. The lowest BCUT2D eigenvalue weighted by Gasteiger charge is -2.36. The molecule has 160 valence electrons. The Morgan fingerprint density at radius 3 is 2.33 bits per heavy atom. The summed E-state index contributed by atoms with van der Waals surface area (Å²) in [5.74, 6) is -1.07. The van der Waals surface area contributed by atoms with Gasteiger partial charge in [0.05, 0.1) is 11.2 Å². The SMILES string of the molecule is CC(C)(C)OC(=O)N1CCN(c2ccc(Nc3ncc(Cl)c(C(=O)O)n3)cc2)CC1. The third-order valence-electron chi connectivity index (χ3n) is 4.37. The van der Waals surface area contributed by atoms with Crippen molar-refractivity contribution in [3.8, 4) is 0 Å². The maximum absolute atomic E-state index is 12.2. The molecule has 0 unspecified atom stereocenters. The molecule has 9 nitrogen and oxygen atoms in total. The molecule has 2 N–H and O–H groups in total. The Bertz CT molecular complexity index is 922. The number of carbonyl (C=O) groups excluding carboxylic acids is 1. The molecule has 0 aliphatic carbocycles. The Kier molecular flexibility index (Phi) is 6.31. The van der Waals surface area contributed by atoms with E-state index in [-0.39, 0.29) is 22.8 Å². The zero-order valence-corrected chi connectivity index (χ0v) is 17.8. The fourth-order valence-electron chi connectivity index (χ4n) is 2.94. The van der Waals surface area contributed by atoms with Crippen molar-refractivity contribution in [2.45, 2.75) is 26.4 Å². The van der Waals surface area contributed by atoms with E-state index in [1.807, 2.05) is 45.0 Å². The number of carboxylic acid groups (broad SMARTS) is 1. The third-order valence-corrected chi connectivity index (χ3v) is 4.64. The van der Waals surface area contributed by atoms with E-state index in [9.17, 15) is 9.59 Å². The second-order valence-electron chi connectivity index (χ2n) is 7.82. The smallest absolute Gasteiger partial charge is 0.410 e. The number of benzene rings is 1. The maximum atomic E-state index is 12.2. The topological polar surface area (TPSA) is 108 Å². The van der Waals surface area contributed by atoms with Crippen molar-refractivity contribution in [1.29, 1.82) is 0 Å². The van der Waals surface area contributed by atoms with Crippen LogP contribution in [0.3, 0.4) is 0 Å². The highest BCUT2D eigenvalue weighted by atomic mass is 35.5. The summed E-state index contributed by atoms with van der Waals surface area (Å²) in [5, 5.41) is 12.1. The zero-order valence-electron chi connectivity index (χ0n) is 17.1. The molecule has 0 saturated carbocycles. The second kappa shape index (κ2) is 8.74. The summed E-state index contributed by atoms with van der Waals surface area (Å²) in [5.41, 5.74) is 0.974. The van der Waals surface area contributed by atoms with Crippen molar-refractivity contribution >= 4 is 41.0 Å². The number of hydrogen-bond donors (Lipinski definition) is 2. The molecule has 1 aromatic heterocycles. The predicted octanol–water partition coefficient (Wildman–Crippen LogP) is 3.63. The summed E-state index contributed by atoms with van der Waals surface area (Å²) in [4.78, 5) is 35.1. The van der Waals surface area contributed by atoms with Gasteiger partial charge in [-0.1, -0.05) is 11.6 Å². The standard InChI is InChI=1S/C20H24ClN5O4/c1-20(2,3)30-19(29)26-10-8-25(9-11-26)14-6-4-13(5-7-14)23-18-22-12-15(21)16(24-18)17(27)28/h4-7,12H,8-11H2,1-3H3,(H,27,28)(H,22,23,24). The number of piperazine rings is 1. The fourth-order valence-corrected chi connectivity index (χ4v) is 3.11. The number of anilines is 3. The summed E-state index contributed by atoms with van der Waals surface area (Å²) < 4.78 is 5.42. The van der Waals surface area contributed by atoms with Gasteiger partial charge in [-0.3, -0.25) is 0 Å². The molecule has 1 aliphatic heterocycles. The van der Waals surface area contributed by atoms with Crippen LogP contribution < -0.4 is 10.2 Å². The van der Waals surface area contributed by atoms with E-state index in [1.54, 1.807) is 4.90 Å². The molecule has 10 heteroatoms. The van der Waals surface area contributed by atoms with E-state index < -0.39 is 11.6 Å². The number of nitrogens with one attached hydrogen (secondary N) is 1. The first-order chi connectivity index (χ1) is 14.1. The molecule has 1 fully saturated rings. The highest BCUT2D eigenvalue weighted by molar-refractivity contribution is 6.33. The van der Waals surface area contributed by atoms with Crippen molar-refractivity contribution in [2.75, 3.05) is 36.4 Å². The van der Waals surface area contributed by atoms with Crippen LogP contribution in [0.25, 0.3) is 0 Å². The van der Waals surface area contributed by atoms with Crippen LogP contribution in [0.2, 0.25) is 5.02 Å². The minimum absolute atomic E-state index is 0.0195. The van der Waals surface area contributed by atoms with Gasteiger partial charge >= 0.3 is 12.1 Å². The number of halogens is 1. The first-order valence-corrected chi connectivity index (χ1v) is 9.86. The Morgan fingerprint density at radius 1 is 1.13 bits per heavy atom. The Hall–Kier alpha value is -3.07. The highest BCUT2D eigenvalue weighted by Crippen LogP contribution is 2.22. The van der Waals surface area contributed by atoms with Crippen LogP contribution in [0.1, 0.15) is 31.3 Å². The van der Waals surface area contributed by atoms with Gasteiger partial charge < -0.3 is 25.0 Å². The van der Waals surface area contributed by atoms with E-state index in [4.69, 9.17) is 21.4 Å². The molecule has 1 saturated heterocycles. The number of rotatable bonds is 4. The van der Waals surface area contributed by atoms with Gasteiger partial charge in [-0.05, 0) is 45.0 Å². The second-order valence-corrected chi connectivity index (χ2v) is 8.23. The molecule has 1 amide bonds. The third kappa shape index (κ3) is 5.50. The minimum atomic E-state index is -1.22. The first-order valence-electron chi connectivity index (χ1n) is 9.48. The van der Waals surface area contributed by atoms with Gasteiger partial charge in [0.15, 0.2) is 5.69 Å². The number of hydrogen-bond acceptors (Lipinski definition) is 7. The Balaban J connectivity index is 1.59. The van der Waals surface area contributed by atoms with Crippen LogP contribution in [-0.4, -0.2) is 63.8 Å². The monoisotopic (exact) mass is 433 g/mol. The number of aromatic carboxylic acids is 1. The average Bonchev–Trinajstić information content (AvgIpc) is 2.69. The van der Waals surface area contributed by atoms with E-state index in [2.05, 4.69) is 20.2 Å². The zero-order chi connectivity index (χ0) is 21.9. The number of amides is 1. The summed E-state index contributed by atoms with van der Waals surface area (Å²) in [7, 11) is 0. The number of carboxylic acids is 1. The summed E-state index contributed by atoms with van der Waals surface area (Å²) in [6.45, 7) is 8.15. The lowest BCUT2D eigenvalue weighted by Crippen LogP contribution is -2.50. The molecule has 3 rings (SSSR count). The predicted molar refractivity (Wildman–Crippen MR) is 114 cm³/mol. The Labute approximate surface area is 179 Å². The highest BCUT2D eigenvalue weighted by Gasteiger charge is 2.26. The number of aromatic nitrogens is 2. The molecular weight excluding hydrogens is 410 g/mol. The fraction of sp³-hybridized carbons (Fsp3) is 0.400. The molecule has 0 spiro atoms. The normalized spacial score (nSPS) is 14.4. The molecule has 0 bridgehead atoms. The molecule has 30 heavy (non-hydrogen) atoms. The van der Waals surface area contributed by atoms with Crippen molar-refractivity contribution < 1.29 is 19.4 Å².